The van der Waals surface area contributed by atoms with E-state index in [-0.39, 0.29) is 17.9 Å². The molecule has 8 heteroatoms. The van der Waals surface area contributed by atoms with Crippen LogP contribution in [0.4, 0.5) is 18.0 Å². The van der Waals surface area contributed by atoms with Gasteiger partial charge in [-0.2, -0.15) is 0 Å². The Balaban J connectivity index is 2.02. The number of ether oxygens (including phenoxy) is 2. The lowest BCUT2D eigenvalue weighted by molar-refractivity contribution is -0.275. The molecule has 134 valence electrons. The molecule has 0 spiro atoms. The number of phenolic OH excluding ortho intramolecular Hbond substituents is 1. The second-order valence-electron chi connectivity index (χ2n) is 5.20. The first-order valence-corrected chi connectivity index (χ1v) is 7.30. The van der Waals surface area contributed by atoms with Crippen molar-refractivity contribution in [3.63, 3.8) is 0 Å². The number of rotatable bonds is 5. The molecule has 0 aliphatic rings. The van der Waals surface area contributed by atoms with Crippen molar-refractivity contribution >= 4 is 6.09 Å². The van der Waals surface area contributed by atoms with E-state index in [4.69, 9.17) is 4.74 Å². The topological polar surface area (TPSA) is 67.8 Å². The number of benzene rings is 2. The second kappa shape index (κ2) is 7.78. The molecule has 0 unspecified atom stereocenters. The van der Waals surface area contributed by atoms with Crippen LogP contribution >= 0.6 is 0 Å². The first kappa shape index (κ1) is 18.4. The van der Waals surface area contributed by atoms with Gasteiger partial charge in [-0.05, 0) is 24.6 Å². The van der Waals surface area contributed by atoms with E-state index < -0.39 is 24.2 Å². The summed E-state index contributed by atoms with van der Waals surface area (Å²) < 4.78 is 46.3. The van der Waals surface area contributed by atoms with Gasteiger partial charge in [0.2, 0.25) is 0 Å². The predicted molar refractivity (Wildman–Crippen MR) is 83.0 cm³/mol. The monoisotopic (exact) mass is 355 g/mol. The Kier molecular flexibility index (Phi) is 5.74. The summed E-state index contributed by atoms with van der Waals surface area (Å²) in [6, 6.07) is 11.4. The van der Waals surface area contributed by atoms with Crippen molar-refractivity contribution in [2.75, 3.05) is 0 Å². The molecule has 0 heterocycles. The van der Waals surface area contributed by atoms with E-state index in [0.717, 1.165) is 11.6 Å². The smallest absolute Gasteiger partial charge is 0.508 e. The van der Waals surface area contributed by atoms with E-state index in [0.29, 0.717) is 0 Å². The molecule has 25 heavy (non-hydrogen) atoms. The van der Waals surface area contributed by atoms with Gasteiger partial charge in [0.25, 0.3) is 0 Å². The zero-order chi connectivity index (χ0) is 18.4. The Labute approximate surface area is 142 Å². The molecule has 2 aromatic carbocycles. The molecule has 0 aliphatic heterocycles. The van der Waals surface area contributed by atoms with Crippen LogP contribution in [0.5, 0.6) is 11.5 Å². The molecule has 0 saturated heterocycles. The van der Waals surface area contributed by atoms with Crippen LogP contribution < -0.4 is 10.1 Å². The lowest BCUT2D eigenvalue weighted by Crippen LogP contribution is -2.28. The third kappa shape index (κ3) is 5.91. The SMILES string of the molecule is C[C@H](NC(=O)OCc1ccccc1)c1ccc(O)cc1OC(F)(F)F. The summed E-state index contributed by atoms with van der Waals surface area (Å²) in [5, 5.41) is 11.8. The molecule has 0 radical (unpaired) electrons. The number of alkyl carbamates (subject to hydrolysis) is 1. The number of halogens is 3. The van der Waals surface area contributed by atoms with Gasteiger partial charge in [0, 0.05) is 11.6 Å². The zero-order valence-corrected chi connectivity index (χ0v) is 13.2. The maximum absolute atomic E-state index is 12.5. The van der Waals surface area contributed by atoms with Crippen molar-refractivity contribution in [3.8, 4) is 11.5 Å². The Bertz CT molecular complexity index is 720. The first-order valence-electron chi connectivity index (χ1n) is 7.30. The van der Waals surface area contributed by atoms with Crippen molar-refractivity contribution in [3.05, 3.63) is 59.7 Å². The van der Waals surface area contributed by atoms with Crippen LogP contribution in [0, 0.1) is 0 Å². The Hall–Kier alpha value is -2.90. The number of carbonyl (C=O) groups is 1. The van der Waals surface area contributed by atoms with Gasteiger partial charge in [-0.3, -0.25) is 0 Å². The van der Waals surface area contributed by atoms with Gasteiger partial charge in [-0.15, -0.1) is 13.2 Å². The number of alkyl halides is 3. The van der Waals surface area contributed by atoms with E-state index in [1.807, 2.05) is 6.07 Å². The first-order chi connectivity index (χ1) is 11.7. The summed E-state index contributed by atoms with van der Waals surface area (Å²) in [5.74, 6) is -0.981. The second-order valence-corrected chi connectivity index (χ2v) is 5.20. The third-order valence-corrected chi connectivity index (χ3v) is 3.24. The molecular weight excluding hydrogens is 339 g/mol. The van der Waals surface area contributed by atoms with Crippen molar-refractivity contribution in [2.24, 2.45) is 0 Å². The van der Waals surface area contributed by atoms with Crippen LogP contribution in [0.2, 0.25) is 0 Å². The maximum Gasteiger partial charge on any atom is 0.573 e. The Morgan fingerprint density at radius 1 is 1.20 bits per heavy atom. The van der Waals surface area contributed by atoms with Gasteiger partial charge < -0.3 is 19.9 Å². The number of amides is 1. The Morgan fingerprint density at radius 2 is 1.88 bits per heavy atom. The van der Waals surface area contributed by atoms with Gasteiger partial charge >= 0.3 is 12.5 Å². The molecule has 2 rings (SSSR count). The van der Waals surface area contributed by atoms with Crippen molar-refractivity contribution in [1.29, 1.82) is 0 Å². The summed E-state index contributed by atoms with van der Waals surface area (Å²) in [4.78, 5) is 11.8. The average Bonchev–Trinajstić information content (AvgIpc) is 2.52. The molecule has 1 atom stereocenters. The lowest BCUT2D eigenvalue weighted by Gasteiger charge is -2.19. The minimum Gasteiger partial charge on any atom is -0.508 e. The van der Waals surface area contributed by atoms with E-state index in [2.05, 4.69) is 10.1 Å². The molecule has 0 aliphatic carbocycles. The van der Waals surface area contributed by atoms with Crippen LogP contribution in [-0.2, 0) is 11.3 Å². The van der Waals surface area contributed by atoms with Crippen molar-refractivity contribution in [1.82, 2.24) is 5.32 Å². The quantitative estimate of drug-likeness (QED) is 0.840. The normalized spacial score (nSPS) is 12.3. The molecule has 0 aromatic heterocycles. The summed E-state index contributed by atoms with van der Waals surface area (Å²) in [5.41, 5.74) is 0.822. The largest absolute Gasteiger partial charge is 0.573 e. The molecule has 2 aromatic rings. The van der Waals surface area contributed by atoms with Crippen LogP contribution in [0.3, 0.4) is 0 Å². The summed E-state index contributed by atoms with van der Waals surface area (Å²) in [6.07, 6.45) is -5.71. The number of aromatic hydroxyl groups is 1. The average molecular weight is 355 g/mol. The fraction of sp³-hybridized carbons (Fsp3) is 0.235. The van der Waals surface area contributed by atoms with Crippen LogP contribution in [0.1, 0.15) is 24.1 Å². The number of hydrogen-bond acceptors (Lipinski definition) is 4. The van der Waals surface area contributed by atoms with Crippen LogP contribution in [-0.4, -0.2) is 17.6 Å². The van der Waals surface area contributed by atoms with Gasteiger partial charge in [0.15, 0.2) is 0 Å². The molecule has 5 nitrogen and oxygen atoms in total. The molecule has 0 fully saturated rings. The molecule has 0 bridgehead atoms. The highest BCUT2D eigenvalue weighted by atomic mass is 19.4. The number of carbonyl (C=O) groups excluding carboxylic acids is 1. The van der Waals surface area contributed by atoms with E-state index in [1.165, 1.54) is 19.1 Å². The number of nitrogens with one attached hydrogen (secondary N) is 1. The van der Waals surface area contributed by atoms with Crippen LogP contribution in [0.15, 0.2) is 48.5 Å². The fourth-order valence-corrected chi connectivity index (χ4v) is 2.11. The van der Waals surface area contributed by atoms with E-state index in [9.17, 15) is 23.1 Å². The van der Waals surface area contributed by atoms with Gasteiger partial charge in [-0.1, -0.05) is 30.3 Å². The lowest BCUT2D eigenvalue weighted by atomic mass is 10.1. The Morgan fingerprint density at radius 3 is 2.52 bits per heavy atom. The maximum atomic E-state index is 12.5. The molecular formula is C17H16F3NO4. The van der Waals surface area contributed by atoms with Crippen molar-refractivity contribution in [2.45, 2.75) is 25.9 Å². The molecule has 1 amide bonds. The van der Waals surface area contributed by atoms with E-state index in [1.54, 1.807) is 24.3 Å². The summed E-state index contributed by atoms with van der Waals surface area (Å²) in [7, 11) is 0. The minimum absolute atomic E-state index is 0.0287. The zero-order valence-electron chi connectivity index (χ0n) is 13.2. The van der Waals surface area contributed by atoms with Crippen LogP contribution in [0.25, 0.3) is 0 Å². The highest BCUT2D eigenvalue weighted by Gasteiger charge is 2.33. The van der Waals surface area contributed by atoms with Gasteiger partial charge in [-0.25, -0.2) is 4.79 Å². The standard InChI is InChI=1S/C17H16F3NO4/c1-11(21-16(23)24-10-12-5-3-2-4-6-12)14-8-7-13(22)9-15(14)25-17(18,19)20/h2-9,11,22H,10H2,1H3,(H,21,23)/t11-/m0/s1. The summed E-state index contributed by atoms with van der Waals surface area (Å²) in [6.45, 7) is 1.50. The third-order valence-electron chi connectivity index (χ3n) is 3.24. The molecule has 2 N–H and O–H groups in total. The van der Waals surface area contributed by atoms with Gasteiger partial charge in [0.05, 0.1) is 6.04 Å². The fourth-order valence-electron chi connectivity index (χ4n) is 2.11. The van der Waals surface area contributed by atoms with Gasteiger partial charge in [0.1, 0.15) is 18.1 Å². The number of phenols is 1. The number of hydrogen-bond donors (Lipinski definition) is 2. The predicted octanol–water partition coefficient (Wildman–Crippen LogP) is 4.28. The highest BCUT2D eigenvalue weighted by Crippen LogP contribution is 2.33. The van der Waals surface area contributed by atoms with E-state index >= 15 is 0 Å². The molecule has 0 saturated carbocycles. The summed E-state index contributed by atoms with van der Waals surface area (Å²) >= 11 is 0. The highest BCUT2D eigenvalue weighted by molar-refractivity contribution is 5.68. The van der Waals surface area contributed by atoms with Crippen molar-refractivity contribution < 1.29 is 32.5 Å². The minimum atomic E-state index is -4.92.